The van der Waals surface area contributed by atoms with E-state index in [-0.39, 0.29) is 0 Å². The second-order valence-corrected chi connectivity index (χ2v) is 2.83. The molecule has 9 heavy (non-hydrogen) atoms. The van der Waals surface area contributed by atoms with Crippen molar-refractivity contribution in [3.63, 3.8) is 0 Å². The monoisotopic (exact) mass is 232 g/mol. The van der Waals surface area contributed by atoms with Gasteiger partial charge in [0.15, 0.2) is 0 Å². The van der Waals surface area contributed by atoms with Crippen LogP contribution in [0.25, 0.3) is 0 Å². The van der Waals surface area contributed by atoms with E-state index in [2.05, 4.69) is 34.4 Å². The lowest BCUT2D eigenvalue weighted by Gasteiger charge is -2.00. The first-order valence-electron chi connectivity index (χ1n) is 2.80. The van der Waals surface area contributed by atoms with Crippen LogP contribution in [-0.4, -0.2) is 4.43 Å². The Balaban J connectivity index is 3.48. The van der Waals surface area contributed by atoms with Crippen molar-refractivity contribution in [3.05, 3.63) is 0 Å². The smallest absolute Gasteiger partial charge is 0.0316 e. The summed E-state index contributed by atoms with van der Waals surface area (Å²) in [5, 5.41) is 0. The van der Waals surface area contributed by atoms with Gasteiger partial charge in [-0.3, -0.25) is 0 Å². The summed E-state index contributed by atoms with van der Waals surface area (Å²) >= 11 is 2.30. The molecule has 0 nitrogen and oxygen atoms in total. The standard InChI is InChI=1S/C8H9I/c1-3-5-8(4-2)6-7-9/h1-2,8H,5-7H2. The highest BCUT2D eigenvalue weighted by Crippen LogP contribution is 2.07. The predicted octanol–water partition coefficient (Wildman–Crippen LogP) is 2.08. The summed E-state index contributed by atoms with van der Waals surface area (Å²) < 4.78 is 1.09. The van der Waals surface area contributed by atoms with Crippen LogP contribution in [0.1, 0.15) is 12.8 Å². The van der Waals surface area contributed by atoms with E-state index >= 15 is 0 Å². The zero-order chi connectivity index (χ0) is 7.11. The molecule has 0 spiro atoms. The van der Waals surface area contributed by atoms with Crippen molar-refractivity contribution in [1.29, 1.82) is 0 Å². The van der Waals surface area contributed by atoms with Gasteiger partial charge in [0.1, 0.15) is 0 Å². The number of hydrogen-bond acceptors (Lipinski definition) is 0. The van der Waals surface area contributed by atoms with Gasteiger partial charge in [0, 0.05) is 16.8 Å². The normalized spacial score (nSPS) is 11.4. The number of halogens is 1. The minimum atomic E-state index is 0.298. The summed E-state index contributed by atoms with van der Waals surface area (Å²) in [5.74, 6) is 5.51. The molecule has 0 radical (unpaired) electrons. The van der Waals surface area contributed by atoms with Crippen molar-refractivity contribution in [2.45, 2.75) is 12.8 Å². The van der Waals surface area contributed by atoms with Gasteiger partial charge in [-0.1, -0.05) is 22.6 Å². The van der Waals surface area contributed by atoms with Crippen LogP contribution in [0.5, 0.6) is 0 Å². The Bertz CT molecular complexity index is 136. The third-order valence-electron chi connectivity index (χ3n) is 1.06. The Labute approximate surface area is 70.6 Å². The van der Waals surface area contributed by atoms with Gasteiger partial charge in [0.05, 0.1) is 0 Å². The van der Waals surface area contributed by atoms with Gasteiger partial charge < -0.3 is 0 Å². The zero-order valence-electron chi connectivity index (χ0n) is 5.23. The van der Waals surface area contributed by atoms with Crippen molar-refractivity contribution in [1.82, 2.24) is 0 Å². The van der Waals surface area contributed by atoms with Crippen molar-refractivity contribution in [3.8, 4) is 24.7 Å². The summed E-state index contributed by atoms with van der Waals surface area (Å²) in [6.07, 6.45) is 12.0. The lowest BCUT2D eigenvalue weighted by atomic mass is 10.1. The maximum absolute atomic E-state index is 5.20. The third kappa shape index (κ3) is 4.36. The first-order valence-corrected chi connectivity index (χ1v) is 4.33. The molecule has 0 fully saturated rings. The first kappa shape index (κ1) is 8.85. The fourth-order valence-corrected chi connectivity index (χ4v) is 1.27. The van der Waals surface area contributed by atoms with Gasteiger partial charge in [-0.25, -0.2) is 0 Å². The average Bonchev–Trinajstić information content (AvgIpc) is 1.88. The molecule has 0 aromatic rings. The van der Waals surface area contributed by atoms with Gasteiger partial charge in [0.2, 0.25) is 0 Å². The summed E-state index contributed by atoms with van der Waals surface area (Å²) in [6, 6.07) is 0. The third-order valence-corrected chi connectivity index (χ3v) is 1.68. The SMILES string of the molecule is C#CCC(C#C)CCI. The highest BCUT2D eigenvalue weighted by atomic mass is 127. The van der Waals surface area contributed by atoms with Crippen molar-refractivity contribution in [2.24, 2.45) is 5.92 Å². The molecule has 1 unspecified atom stereocenters. The molecule has 0 heterocycles. The van der Waals surface area contributed by atoms with E-state index < -0.39 is 0 Å². The number of terminal acetylenes is 2. The van der Waals surface area contributed by atoms with E-state index in [1.54, 1.807) is 0 Å². The second-order valence-electron chi connectivity index (χ2n) is 1.75. The van der Waals surface area contributed by atoms with Crippen molar-refractivity contribution >= 4 is 22.6 Å². The van der Waals surface area contributed by atoms with E-state index in [0.29, 0.717) is 5.92 Å². The molecule has 0 amide bonds. The largest absolute Gasteiger partial charge is 0.120 e. The van der Waals surface area contributed by atoms with E-state index in [1.807, 2.05) is 0 Å². The van der Waals surface area contributed by atoms with E-state index in [9.17, 15) is 0 Å². The molecule has 0 aliphatic rings. The van der Waals surface area contributed by atoms with Crippen molar-refractivity contribution < 1.29 is 0 Å². The van der Waals surface area contributed by atoms with Crippen LogP contribution >= 0.6 is 22.6 Å². The Morgan fingerprint density at radius 1 is 1.44 bits per heavy atom. The average molecular weight is 232 g/mol. The first-order chi connectivity index (χ1) is 4.35. The molecule has 0 aromatic carbocycles. The Morgan fingerprint density at radius 2 is 2.11 bits per heavy atom. The highest BCUT2D eigenvalue weighted by molar-refractivity contribution is 14.1. The molecule has 0 aromatic heterocycles. The molecule has 48 valence electrons. The lowest BCUT2D eigenvalue weighted by molar-refractivity contribution is 0.685. The van der Waals surface area contributed by atoms with Crippen LogP contribution < -0.4 is 0 Å². The van der Waals surface area contributed by atoms with Gasteiger partial charge >= 0.3 is 0 Å². The molecule has 0 N–H and O–H groups in total. The number of alkyl halides is 1. The lowest BCUT2D eigenvalue weighted by Crippen LogP contribution is -1.95. The van der Waals surface area contributed by atoms with Crippen molar-refractivity contribution in [2.75, 3.05) is 4.43 Å². The van der Waals surface area contributed by atoms with Crippen LogP contribution in [0.4, 0.5) is 0 Å². The topological polar surface area (TPSA) is 0 Å². The minimum absolute atomic E-state index is 0.298. The van der Waals surface area contributed by atoms with Crippen LogP contribution in [0.15, 0.2) is 0 Å². The van der Waals surface area contributed by atoms with E-state index in [1.165, 1.54) is 0 Å². The van der Waals surface area contributed by atoms with Gasteiger partial charge in [-0.15, -0.1) is 24.7 Å². The molecule has 0 saturated heterocycles. The maximum Gasteiger partial charge on any atom is 0.0316 e. The van der Waals surface area contributed by atoms with Crippen LogP contribution in [-0.2, 0) is 0 Å². The molecule has 0 bridgehead atoms. The zero-order valence-corrected chi connectivity index (χ0v) is 7.39. The summed E-state index contributed by atoms with van der Waals surface area (Å²) in [4.78, 5) is 0. The van der Waals surface area contributed by atoms with Crippen LogP contribution in [0.3, 0.4) is 0 Å². The van der Waals surface area contributed by atoms with Gasteiger partial charge in [0.25, 0.3) is 0 Å². The highest BCUT2D eigenvalue weighted by Gasteiger charge is 1.99. The van der Waals surface area contributed by atoms with E-state index in [4.69, 9.17) is 12.8 Å². The van der Waals surface area contributed by atoms with Gasteiger partial charge in [-0.05, 0) is 6.42 Å². The van der Waals surface area contributed by atoms with Crippen LogP contribution in [0, 0.1) is 30.6 Å². The number of hydrogen-bond donors (Lipinski definition) is 0. The molecular formula is C8H9I. The molecule has 0 saturated carbocycles. The maximum atomic E-state index is 5.20. The quantitative estimate of drug-likeness (QED) is 0.397. The summed E-state index contributed by atoms with van der Waals surface area (Å²) in [6.45, 7) is 0. The van der Waals surface area contributed by atoms with Gasteiger partial charge in [-0.2, -0.15) is 0 Å². The molecule has 0 rings (SSSR count). The summed E-state index contributed by atoms with van der Waals surface area (Å²) in [7, 11) is 0. The molecule has 0 aliphatic heterocycles. The minimum Gasteiger partial charge on any atom is -0.120 e. The Kier molecular flexibility index (Phi) is 5.88. The Morgan fingerprint density at radius 3 is 2.44 bits per heavy atom. The van der Waals surface area contributed by atoms with E-state index in [0.717, 1.165) is 17.3 Å². The molecule has 1 heteroatoms. The van der Waals surface area contributed by atoms with Crippen LogP contribution in [0.2, 0.25) is 0 Å². The second kappa shape index (κ2) is 5.98. The fraction of sp³-hybridized carbons (Fsp3) is 0.500. The number of rotatable bonds is 3. The summed E-state index contributed by atoms with van der Waals surface area (Å²) in [5.41, 5.74) is 0. The fourth-order valence-electron chi connectivity index (χ4n) is 0.518. The molecule has 1 atom stereocenters. The Hall–Kier alpha value is -0.150. The molecule has 0 aliphatic carbocycles. The predicted molar refractivity (Wildman–Crippen MR) is 49.3 cm³/mol. The molecular weight excluding hydrogens is 223 g/mol.